The molecule has 0 atom stereocenters. The number of nitrogens with zero attached hydrogens (tertiary/aromatic N) is 6. The molecule has 0 saturated carbocycles. The van der Waals surface area contributed by atoms with E-state index in [2.05, 4.69) is 39.4 Å². The van der Waals surface area contributed by atoms with Gasteiger partial charge in [0.2, 0.25) is 0 Å². The third-order valence-electron chi connectivity index (χ3n) is 5.56. The quantitative estimate of drug-likeness (QED) is 0.624. The number of methoxy groups -OCH3 is 1. The number of carbonyl (C=O) groups excluding carboxylic acids is 1. The van der Waals surface area contributed by atoms with Crippen molar-refractivity contribution >= 4 is 17.5 Å². The van der Waals surface area contributed by atoms with E-state index in [1.165, 1.54) is 5.69 Å². The van der Waals surface area contributed by atoms with Gasteiger partial charge < -0.3 is 14.5 Å². The molecule has 1 saturated heterocycles. The number of aromatic nitrogens is 4. The number of carbonyl (C=O) groups is 1. The van der Waals surface area contributed by atoms with Crippen molar-refractivity contribution in [3.8, 4) is 5.75 Å². The molecule has 2 aromatic heterocycles. The van der Waals surface area contributed by atoms with E-state index in [-0.39, 0.29) is 5.91 Å². The van der Waals surface area contributed by atoms with Gasteiger partial charge in [-0.2, -0.15) is 4.98 Å². The number of hydrogen-bond acceptors (Lipinski definition) is 6. The van der Waals surface area contributed by atoms with Gasteiger partial charge in [0.1, 0.15) is 17.4 Å². The first-order valence-electron chi connectivity index (χ1n) is 10.6. The molecule has 4 rings (SSSR count). The fourth-order valence-electron chi connectivity index (χ4n) is 3.91. The van der Waals surface area contributed by atoms with E-state index in [4.69, 9.17) is 9.72 Å². The molecule has 3 aromatic rings. The summed E-state index contributed by atoms with van der Waals surface area (Å²) < 4.78 is 7.25. The molecule has 1 aliphatic rings. The Morgan fingerprint density at radius 3 is 2.43 bits per heavy atom. The van der Waals surface area contributed by atoms with Crippen LogP contribution in [0.5, 0.6) is 5.75 Å². The summed E-state index contributed by atoms with van der Waals surface area (Å²) in [5.41, 5.74) is 1.88. The second-order valence-electron chi connectivity index (χ2n) is 7.47. The van der Waals surface area contributed by atoms with Crippen molar-refractivity contribution in [2.24, 2.45) is 0 Å². The van der Waals surface area contributed by atoms with Crippen LogP contribution < -0.4 is 9.64 Å². The Kier molecular flexibility index (Phi) is 5.83. The summed E-state index contributed by atoms with van der Waals surface area (Å²) in [5.74, 6) is 3.32. The van der Waals surface area contributed by atoms with Crippen molar-refractivity contribution in [3.63, 3.8) is 0 Å². The van der Waals surface area contributed by atoms with E-state index in [9.17, 15) is 4.79 Å². The molecule has 1 fully saturated rings. The lowest BCUT2D eigenvalue weighted by molar-refractivity contribution is 0.0746. The largest absolute Gasteiger partial charge is 0.497 e. The van der Waals surface area contributed by atoms with Gasteiger partial charge in [-0.15, -0.1) is 10.2 Å². The first-order chi connectivity index (χ1) is 14.6. The molecule has 1 aliphatic heterocycles. The third-order valence-corrected chi connectivity index (χ3v) is 5.56. The Labute approximate surface area is 176 Å². The number of benzene rings is 1. The topological polar surface area (TPSA) is 75.9 Å². The second kappa shape index (κ2) is 8.69. The van der Waals surface area contributed by atoms with E-state index in [1.54, 1.807) is 7.11 Å². The lowest BCUT2D eigenvalue weighted by Crippen LogP contribution is -2.49. The highest BCUT2D eigenvalue weighted by Crippen LogP contribution is 2.21. The smallest absolute Gasteiger partial charge is 0.257 e. The molecule has 0 unspecified atom stereocenters. The number of hydrogen-bond donors (Lipinski definition) is 0. The minimum atomic E-state index is 0.0532. The fourth-order valence-corrected chi connectivity index (χ4v) is 3.91. The van der Waals surface area contributed by atoms with Gasteiger partial charge >= 0.3 is 0 Å². The first-order valence-corrected chi connectivity index (χ1v) is 10.6. The summed E-state index contributed by atoms with van der Waals surface area (Å²) in [4.78, 5) is 21.7. The van der Waals surface area contributed by atoms with Crippen molar-refractivity contribution in [2.75, 3.05) is 38.2 Å². The first kappa shape index (κ1) is 20.1. The zero-order chi connectivity index (χ0) is 21.1. The molecule has 1 aromatic carbocycles. The number of fused-ring (bicyclic) bond motifs is 1. The average Bonchev–Trinajstić information content (AvgIpc) is 3.22. The molecular formula is C22H28N6O2. The highest BCUT2D eigenvalue weighted by molar-refractivity contribution is 5.94. The molecule has 0 bridgehead atoms. The normalized spacial score (nSPS) is 14.4. The van der Waals surface area contributed by atoms with E-state index < -0.39 is 0 Å². The lowest BCUT2D eigenvalue weighted by atomic mass is 10.1. The highest BCUT2D eigenvalue weighted by Gasteiger charge is 2.24. The molecule has 30 heavy (non-hydrogen) atoms. The molecule has 0 radical (unpaired) electrons. The van der Waals surface area contributed by atoms with Crippen molar-refractivity contribution < 1.29 is 9.53 Å². The Balaban J connectivity index is 1.49. The summed E-state index contributed by atoms with van der Waals surface area (Å²) in [7, 11) is 1.62. The standard InChI is InChI=1S/C22H28N6O2/c1-4-6-17-15-20(23-22-25-24-19(5-2)28(17)22)26-11-13-27(14-12-26)21(29)16-7-9-18(30-3)10-8-16/h7-10,15H,4-6,11-14H2,1-3H3. The Morgan fingerprint density at radius 1 is 1.07 bits per heavy atom. The third kappa shape index (κ3) is 3.81. The van der Waals surface area contributed by atoms with Crippen LogP contribution >= 0.6 is 0 Å². The Morgan fingerprint density at radius 2 is 1.80 bits per heavy atom. The minimum Gasteiger partial charge on any atom is -0.497 e. The van der Waals surface area contributed by atoms with Crippen LogP contribution in [0.1, 0.15) is 42.1 Å². The Bertz CT molecular complexity index is 1020. The summed E-state index contributed by atoms with van der Waals surface area (Å²) in [6.45, 7) is 7.06. The average molecular weight is 409 g/mol. The molecule has 8 heteroatoms. The van der Waals surface area contributed by atoms with Gasteiger partial charge in [-0.05, 0) is 30.7 Å². The molecule has 158 valence electrons. The van der Waals surface area contributed by atoms with E-state index in [1.807, 2.05) is 29.2 Å². The van der Waals surface area contributed by atoms with Crippen molar-refractivity contribution in [1.29, 1.82) is 0 Å². The number of rotatable bonds is 6. The summed E-state index contributed by atoms with van der Waals surface area (Å²) in [6, 6.07) is 9.43. The fraction of sp³-hybridized carbons (Fsp3) is 0.455. The Hall–Kier alpha value is -3.16. The maximum Gasteiger partial charge on any atom is 0.257 e. The molecule has 3 heterocycles. The minimum absolute atomic E-state index is 0.0532. The van der Waals surface area contributed by atoms with Crippen molar-refractivity contribution in [3.05, 3.63) is 47.4 Å². The van der Waals surface area contributed by atoms with Crippen molar-refractivity contribution in [2.45, 2.75) is 33.1 Å². The van der Waals surface area contributed by atoms with E-state index in [0.717, 1.165) is 49.7 Å². The van der Waals surface area contributed by atoms with E-state index >= 15 is 0 Å². The highest BCUT2D eigenvalue weighted by atomic mass is 16.5. The van der Waals surface area contributed by atoms with Crippen LogP contribution in [0.15, 0.2) is 30.3 Å². The lowest BCUT2D eigenvalue weighted by Gasteiger charge is -2.35. The van der Waals surface area contributed by atoms with Crippen LogP contribution in [0.2, 0.25) is 0 Å². The van der Waals surface area contributed by atoms with Crippen LogP contribution in [0, 0.1) is 0 Å². The number of ether oxygens (including phenoxy) is 1. The van der Waals surface area contributed by atoms with Gasteiger partial charge in [-0.1, -0.05) is 20.3 Å². The zero-order valence-electron chi connectivity index (χ0n) is 17.8. The van der Waals surface area contributed by atoms with Crippen LogP contribution in [-0.4, -0.2) is 63.7 Å². The maximum absolute atomic E-state index is 12.8. The van der Waals surface area contributed by atoms with Gasteiger partial charge in [0, 0.05) is 49.9 Å². The molecular weight excluding hydrogens is 380 g/mol. The molecule has 0 N–H and O–H groups in total. The van der Waals surface area contributed by atoms with Crippen LogP contribution in [0.4, 0.5) is 5.82 Å². The zero-order valence-corrected chi connectivity index (χ0v) is 17.8. The second-order valence-corrected chi connectivity index (χ2v) is 7.47. The van der Waals surface area contributed by atoms with Crippen LogP contribution in [-0.2, 0) is 12.8 Å². The summed E-state index contributed by atoms with van der Waals surface area (Å²) in [6.07, 6.45) is 2.82. The van der Waals surface area contributed by atoms with Gasteiger partial charge in [0.25, 0.3) is 11.7 Å². The predicted molar refractivity (Wildman–Crippen MR) is 115 cm³/mol. The van der Waals surface area contributed by atoms with Gasteiger partial charge in [0.05, 0.1) is 7.11 Å². The van der Waals surface area contributed by atoms with Gasteiger partial charge in [-0.3, -0.25) is 9.20 Å². The molecule has 0 spiro atoms. The number of aryl methyl sites for hydroxylation is 2. The summed E-state index contributed by atoms with van der Waals surface area (Å²) >= 11 is 0. The maximum atomic E-state index is 12.8. The monoisotopic (exact) mass is 408 g/mol. The van der Waals surface area contributed by atoms with Crippen molar-refractivity contribution in [1.82, 2.24) is 24.5 Å². The molecule has 8 nitrogen and oxygen atoms in total. The number of amides is 1. The van der Waals surface area contributed by atoms with E-state index in [0.29, 0.717) is 24.4 Å². The molecule has 0 aliphatic carbocycles. The predicted octanol–water partition coefficient (Wildman–Crippen LogP) is 2.61. The molecule has 1 amide bonds. The van der Waals surface area contributed by atoms with Gasteiger partial charge in [0.15, 0.2) is 0 Å². The van der Waals surface area contributed by atoms with Crippen LogP contribution in [0.25, 0.3) is 5.78 Å². The van der Waals surface area contributed by atoms with Gasteiger partial charge in [-0.25, -0.2) is 0 Å². The SMILES string of the molecule is CCCc1cc(N2CCN(C(=O)c3ccc(OC)cc3)CC2)nc2nnc(CC)n12. The summed E-state index contributed by atoms with van der Waals surface area (Å²) in [5, 5.41) is 8.58. The van der Waals surface area contributed by atoms with Crippen LogP contribution in [0.3, 0.4) is 0 Å². The number of piperazine rings is 1. The number of anilines is 1.